The summed E-state index contributed by atoms with van der Waals surface area (Å²) in [5.74, 6) is -1.42. The minimum atomic E-state index is -4.66. The van der Waals surface area contributed by atoms with E-state index in [2.05, 4.69) is 20.5 Å². The van der Waals surface area contributed by atoms with E-state index in [4.69, 9.17) is 0 Å². The molecule has 0 radical (unpaired) electrons. The molecule has 0 bridgehead atoms. The van der Waals surface area contributed by atoms with Gasteiger partial charge in [-0.15, -0.1) is 0 Å². The fourth-order valence-electron chi connectivity index (χ4n) is 3.76. The number of pyridine rings is 1. The Morgan fingerprint density at radius 1 is 1.25 bits per heavy atom. The second-order valence-corrected chi connectivity index (χ2v) is 6.92. The molecule has 2 aliphatic rings. The number of halogens is 4. The third kappa shape index (κ3) is 3.59. The molecule has 1 atom stereocenters. The molecule has 1 aromatic heterocycles. The first-order valence-corrected chi connectivity index (χ1v) is 8.94. The van der Waals surface area contributed by atoms with Crippen molar-refractivity contribution in [3.8, 4) is 0 Å². The summed E-state index contributed by atoms with van der Waals surface area (Å²) in [4.78, 5) is 17.9. The number of amides is 1. The molecule has 9 heteroatoms. The van der Waals surface area contributed by atoms with Crippen LogP contribution in [-0.2, 0) is 12.6 Å². The Morgan fingerprint density at radius 2 is 2.07 bits per heavy atom. The first-order chi connectivity index (χ1) is 13.3. The Bertz CT molecular complexity index is 915. The molecule has 0 saturated carbocycles. The van der Waals surface area contributed by atoms with Crippen LogP contribution < -0.4 is 10.6 Å². The molecular weight excluding hydrogens is 376 g/mol. The van der Waals surface area contributed by atoms with E-state index in [1.807, 2.05) is 0 Å². The molecule has 148 valence electrons. The molecule has 3 heterocycles. The number of anilines is 1. The summed E-state index contributed by atoms with van der Waals surface area (Å²) in [7, 11) is 0. The van der Waals surface area contributed by atoms with E-state index in [-0.39, 0.29) is 17.3 Å². The number of nitrogens with one attached hydrogen (secondary N) is 2. The summed E-state index contributed by atoms with van der Waals surface area (Å²) in [6.07, 6.45) is -3.03. The lowest BCUT2D eigenvalue weighted by molar-refractivity contribution is -0.141. The van der Waals surface area contributed by atoms with Gasteiger partial charge < -0.3 is 10.6 Å². The van der Waals surface area contributed by atoms with Crippen LogP contribution in [0.4, 0.5) is 23.2 Å². The third-order valence-electron chi connectivity index (χ3n) is 5.17. The molecule has 1 fully saturated rings. The van der Waals surface area contributed by atoms with Crippen LogP contribution in [0.2, 0.25) is 0 Å². The van der Waals surface area contributed by atoms with Gasteiger partial charge in [0.25, 0.3) is 5.91 Å². The van der Waals surface area contributed by atoms with Gasteiger partial charge in [-0.1, -0.05) is 0 Å². The van der Waals surface area contributed by atoms with Crippen LogP contribution in [0.1, 0.15) is 33.2 Å². The minimum absolute atomic E-state index is 0.0358. The number of hydrogen-bond acceptors (Lipinski definition) is 4. The zero-order valence-electron chi connectivity index (χ0n) is 14.8. The molecule has 1 amide bonds. The first-order valence-electron chi connectivity index (χ1n) is 8.94. The maximum atomic E-state index is 14.6. The average Bonchev–Trinajstić information content (AvgIpc) is 2.68. The quantitative estimate of drug-likeness (QED) is 0.769. The van der Waals surface area contributed by atoms with E-state index < -0.39 is 23.6 Å². The standard InChI is InChI=1S/C19H18F4N4O/c20-14-9-13-11(2-5-27-6-4-24-10-16(13)27)7-15(14)26-18(28)12-1-3-25-17(8-12)19(21,22)23/h1,3,7-9,16,24H,2,4-6,10H2,(H,26,28)/t16-/m0/s1. The van der Waals surface area contributed by atoms with Crippen LogP contribution in [0, 0.1) is 5.82 Å². The second kappa shape index (κ2) is 7.14. The molecule has 2 N–H and O–H groups in total. The van der Waals surface area contributed by atoms with Gasteiger partial charge in [0.15, 0.2) is 0 Å². The number of nitrogens with zero attached hydrogens (tertiary/aromatic N) is 2. The number of benzene rings is 1. The van der Waals surface area contributed by atoms with Gasteiger partial charge in [-0.05, 0) is 41.8 Å². The van der Waals surface area contributed by atoms with Crippen LogP contribution in [0.5, 0.6) is 0 Å². The number of alkyl halides is 3. The Kier molecular flexibility index (Phi) is 4.80. The van der Waals surface area contributed by atoms with Crippen LogP contribution in [0.15, 0.2) is 30.5 Å². The highest BCUT2D eigenvalue weighted by molar-refractivity contribution is 6.04. The van der Waals surface area contributed by atoms with E-state index in [9.17, 15) is 22.4 Å². The van der Waals surface area contributed by atoms with Crippen molar-refractivity contribution >= 4 is 11.6 Å². The zero-order chi connectivity index (χ0) is 19.9. The van der Waals surface area contributed by atoms with Crippen molar-refractivity contribution in [2.75, 3.05) is 31.5 Å². The monoisotopic (exact) mass is 394 g/mol. The highest BCUT2D eigenvalue weighted by Gasteiger charge is 2.33. The van der Waals surface area contributed by atoms with E-state index in [1.54, 1.807) is 6.07 Å². The highest BCUT2D eigenvalue weighted by Crippen LogP contribution is 2.34. The van der Waals surface area contributed by atoms with Crippen molar-refractivity contribution in [1.82, 2.24) is 15.2 Å². The first kappa shape index (κ1) is 18.8. The number of piperazine rings is 1. The number of rotatable bonds is 2. The smallest absolute Gasteiger partial charge is 0.319 e. The van der Waals surface area contributed by atoms with Gasteiger partial charge in [-0.2, -0.15) is 13.2 Å². The van der Waals surface area contributed by atoms with Crippen LogP contribution in [0.25, 0.3) is 0 Å². The van der Waals surface area contributed by atoms with Crippen molar-refractivity contribution in [3.63, 3.8) is 0 Å². The van der Waals surface area contributed by atoms with E-state index in [0.29, 0.717) is 6.07 Å². The molecule has 2 aliphatic heterocycles. The summed E-state index contributed by atoms with van der Waals surface area (Å²) in [6.45, 7) is 3.37. The fraction of sp³-hybridized carbons (Fsp3) is 0.368. The Balaban J connectivity index is 1.58. The molecule has 1 aromatic carbocycles. The lowest BCUT2D eigenvalue weighted by Crippen LogP contribution is -2.48. The van der Waals surface area contributed by atoms with Crippen LogP contribution in [0.3, 0.4) is 0 Å². The Morgan fingerprint density at radius 3 is 2.86 bits per heavy atom. The molecule has 28 heavy (non-hydrogen) atoms. The number of carbonyl (C=O) groups is 1. The maximum Gasteiger partial charge on any atom is 0.433 e. The van der Waals surface area contributed by atoms with Crippen molar-refractivity contribution in [2.24, 2.45) is 0 Å². The molecule has 4 rings (SSSR count). The van der Waals surface area contributed by atoms with E-state index in [0.717, 1.165) is 56.0 Å². The lowest BCUT2D eigenvalue weighted by atomic mass is 9.90. The summed E-state index contributed by atoms with van der Waals surface area (Å²) >= 11 is 0. The zero-order valence-corrected chi connectivity index (χ0v) is 14.8. The predicted octanol–water partition coefficient (Wildman–Crippen LogP) is 2.99. The molecule has 2 aromatic rings. The van der Waals surface area contributed by atoms with Crippen molar-refractivity contribution in [1.29, 1.82) is 0 Å². The van der Waals surface area contributed by atoms with Gasteiger partial charge in [0.05, 0.1) is 5.69 Å². The largest absolute Gasteiger partial charge is 0.433 e. The molecule has 0 unspecified atom stereocenters. The van der Waals surface area contributed by atoms with Gasteiger partial charge in [0.2, 0.25) is 0 Å². The highest BCUT2D eigenvalue weighted by atomic mass is 19.4. The fourth-order valence-corrected chi connectivity index (χ4v) is 3.76. The van der Waals surface area contributed by atoms with Crippen molar-refractivity contribution in [3.05, 3.63) is 58.7 Å². The van der Waals surface area contributed by atoms with Crippen molar-refractivity contribution in [2.45, 2.75) is 18.6 Å². The molecular formula is C19H18F4N4O. The van der Waals surface area contributed by atoms with Crippen LogP contribution in [-0.4, -0.2) is 42.0 Å². The third-order valence-corrected chi connectivity index (χ3v) is 5.17. The van der Waals surface area contributed by atoms with E-state index in [1.165, 1.54) is 6.07 Å². The van der Waals surface area contributed by atoms with Gasteiger partial charge in [0, 0.05) is 44.0 Å². The summed E-state index contributed by atoms with van der Waals surface area (Å²) < 4.78 is 53.0. The normalized spacial score (nSPS) is 19.6. The van der Waals surface area contributed by atoms with Crippen LogP contribution >= 0.6 is 0 Å². The Hall–Kier alpha value is -2.52. The summed E-state index contributed by atoms with van der Waals surface area (Å²) in [5.41, 5.74) is 0.383. The lowest BCUT2D eigenvalue weighted by Gasteiger charge is -2.41. The van der Waals surface area contributed by atoms with Gasteiger partial charge >= 0.3 is 6.18 Å². The minimum Gasteiger partial charge on any atom is -0.319 e. The number of fused-ring (bicyclic) bond motifs is 3. The molecule has 0 spiro atoms. The molecule has 5 nitrogen and oxygen atoms in total. The number of hydrogen-bond donors (Lipinski definition) is 2. The summed E-state index contributed by atoms with van der Waals surface area (Å²) in [6, 6.07) is 4.90. The molecule has 0 aliphatic carbocycles. The number of carbonyl (C=O) groups excluding carboxylic acids is 1. The average molecular weight is 394 g/mol. The van der Waals surface area contributed by atoms with Gasteiger partial charge in [0.1, 0.15) is 11.5 Å². The topological polar surface area (TPSA) is 57.3 Å². The maximum absolute atomic E-state index is 14.6. The van der Waals surface area contributed by atoms with E-state index >= 15 is 0 Å². The SMILES string of the molecule is O=C(Nc1cc2c(cc1F)[C@@H]1CNCCN1CC2)c1ccnc(C(F)(F)F)c1. The van der Waals surface area contributed by atoms with Gasteiger partial charge in [-0.3, -0.25) is 14.7 Å². The summed E-state index contributed by atoms with van der Waals surface area (Å²) in [5, 5.41) is 5.69. The molecule has 1 saturated heterocycles. The number of aromatic nitrogens is 1. The Labute approximate surface area is 158 Å². The second-order valence-electron chi connectivity index (χ2n) is 6.92. The predicted molar refractivity (Wildman–Crippen MR) is 94.5 cm³/mol. The van der Waals surface area contributed by atoms with Gasteiger partial charge in [-0.25, -0.2) is 4.39 Å². The van der Waals surface area contributed by atoms with Crippen molar-refractivity contribution < 1.29 is 22.4 Å².